The van der Waals surface area contributed by atoms with E-state index in [4.69, 9.17) is 0 Å². The van der Waals surface area contributed by atoms with E-state index in [2.05, 4.69) is 20.1 Å². The van der Waals surface area contributed by atoms with Crippen LogP contribution < -0.4 is 5.32 Å². The number of amides is 1. The summed E-state index contributed by atoms with van der Waals surface area (Å²) in [5.41, 5.74) is 1.29. The second-order valence-electron chi connectivity index (χ2n) is 6.96. The van der Waals surface area contributed by atoms with Crippen LogP contribution in [-0.2, 0) is 27.8 Å². The number of hydrogen-bond donors (Lipinski definition) is 1. The molecule has 28 heavy (non-hydrogen) atoms. The number of hydrogen-bond acceptors (Lipinski definition) is 6. The Morgan fingerprint density at radius 3 is 2.79 bits per heavy atom. The second kappa shape index (κ2) is 8.62. The SMILES string of the molecule is Cc1ccc(S(=O)(=O)N(C)C)cc1NC(=O)CSc1nnc2n1CCCCC2. The lowest BCUT2D eigenvalue weighted by atomic mass is 10.2. The maximum Gasteiger partial charge on any atom is 0.242 e. The van der Waals surface area contributed by atoms with Crippen LogP contribution in [0.1, 0.15) is 30.7 Å². The zero-order valence-electron chi connectivity index (χ0n) is 16.3. The molecule has 0 spiro atoms. The van der Waals surface area contributed by atoms with Crippen molar-refractivity contribution >= 4 is 33.4 Å². The minimum absolute atomic E-state index is 0.147. The lowest BCUT2D eigenvalue weighted by Gasteiger charge is -2.14. The van der Waals surface area contributed by atoms with E-state index in [0.29, 0.717) is 5.69 Å². The van der Waals surface area contributed by atoms with E-state index >= 15 is 0 Å². The molecule has 0 aliphatic carbocycles. The second-order valence-corrected chi connectivity index (χ2v) is 10.1. The molecule has 8 nitrogen and oxygen atoms in total. The summed E-state index contributed by atoms with van der Waals surface area (Å²) in [5.74, 6) is 0.957. The lowest BCUT2D eigenvalue weighted by Crippen LogP contribution is -2.22. The number of benzene rings is 1. The molecule has 0 fully saturated rings. The highest BCUT2D eigenvalue weighted by atomic mass is 32.2. The van der Waals surface area contributed by atoms with E-state index in [1.54, 1.807) is 12.1 Å². The van der Waals surface area contributed by atoms with Gasteiger partial charge in [0, 0.05) is 32.7 Å². The van der Waals surface area contributed by atoms with Gasteiger partial charge in [0.05, 0.1) is 10.6 Å². The van der Waals surface area contributed by atoms with E-state index < -0.39 is 10.0 Å². The van der Waals surface area contributed by atoms with Crippen molar-refractivity contribution in [3.8, 4) is 0 Å². The van der Waals surface area contributed by atoms with Crippen molar-refractivity contribution < 1.29 is 13.2 Å². The van der Waals surface area contributed by atoms with Gasteiger partial charge in [0.2, 0.25) is 15.9 Å². The fraction of sp³-hybridized carbons (Fsp3) is 0.500. The van der Waals surface area contributed by atoms with Gasteiger partial charge in [-0.3, -0.25) is 4.79 Å². The van der Waals surface area contributed by atoms with Gasteiger partial charge in [-0.05, 0) is 37.5 Å². The van der Waals surface area contributed by atoms with Gasteiger partial charge in [-0.2, -0.15) is 0 Å². The summed E-state index contributed by atoms with van der Waals surface area (Å²) in [6.07, 6.45) is 4.32. The van der Waals surface area contributed by atoms with Crippen LogP contribution in [0.2, 0.25) is 0 Å². The Hall–Kier alpha value is -1.91. The van der Waals surface area contributed by atoms with Gasteiger partial charge in [0.15, 0.2) is 5.16 Å². The van der Waals surface area contributed by atoms with Crippen LogP contribution in [0, 0.1) is 6.92 Å². The molecule has 2 heterocycles. The van der Waals surface area contributed by atoms with Crippen LogP contribution in [0.4, 0.5) is 5.69 Å². The molecule has 3 rings (SSSR count). The molecule has 1 aliphatic rings. The number of nitrogens with one attached hydrogen (secondary N) is 1. The highest BCUT2D eigenvalue weighted by molar-refractivity contribution is 7.99. The molecular formula is C18H25N5O3S2. The molecule has 0 saturated heterocycles. The average Bonchev–Trinajstić information content (AvgIpc) is 2.87. The van der Waals surface area contributed by atoms with Crippen LogP contribution >= 0.6 is 11.8 Å². The summed E-state index contributed by atoms with van der Waals surface area (Å²) in [7, 11) is -0.603. The van der Waals surface area contributed by atoms with E-state index in [0.717, 1.165) is 46.7 Å². The van der Waals surface area contributed by atoms with Gasteiger partial charge < -0.3 is 9.88 Å². The molecule has 1 aromatic carbocycles. The van der Waals surface area contributed by atoms with Gasteiger partial charge >= 0.3 is 0 Å². The Labute approximate surface area is 169 Å². The first-order chi connectivity index (χ1) is 13.3. The summed E-state index contributed by atoms with van der Waals surface area (Å²) in [6.45, 7) is 2.71. The van der Waals surface area contributed by atoms with Crippen molar-refractivity contribution in [2.45, 2.75) is 49.2 Å². The Morgan fingerprint density at radius 2 is 2.04 bits per heavy atom. The number of carbonyl (C=O) groups is 1. The quantitative estimate of drug-likeness (QED) is 0.716. The molecule has 0 saturated carbocycles. The number of aromatic nitrogens is 3. The number of fused-ring (bicyclic) bond motifs is 1. The Bertz CT molecular complexity index is 970. The Morgan fingerprint density at radius 1 is 1.25 bits per heavy atom. The van der Waals surface area contributed by atoms with Crippen LogP contribution in [-0.4, -0.2) is 53.2 Å². The minimum Gasteiger partial charge on any atom is -0.325 e. The molecule has 2 aromatic rings. The van der Waals surface area contributed by atoms with E-state index in [9.17, 15) is 13.2 Å². The van der Waals surface area contributed by atoms with Gasteiger partial charge in [0.1, 0.15) is 5.82 Å². The molecule has 152 valence electrons. The minimum atomic E-state index is -3.56. The Kier molecular flexibility index (Phi) is 6.41. The summed E-state index contributed by atoms with van der Waals surface area (Å²) < 4.78 is 27.9. The van der Waals surface area contributed by atoms with Crippen LogP contribution in [0.15, 0.2) is 28.3 Å². The lowest BCUT2D eigenvalue weighted by molar-refractivity contribution is -0.113. The van der Waals surface area contributed by atoms with Gasteiger partial charge in [0.25, 0.3) is 0 Å². The van der Waals surface area contributed by atoms with Crippen LogP contribution in [0.25, 0.3) is 0 Å². The van der Waals surface area contributed by atoms with Gasteiger partial charge in [-0.15, -0.1) is 10.2 Å². The van der Waals surface area contributed by atoms with E-state index in [1.807, 2.05) is 6.92 Å². The highest BCUT2D eigenvalue weighted by Gasteiger charge is 2.19. The number of anilines is 1. The monoisotopic (exact) mass is 423 g/mol. The molecule has 0 atom stereocenters. The largest absolute Gasteiger partial charge is 0.325 e. The van der Waals surface area contributed by atoms with Crippen molar-refractivity contribution in [1.82, 2.24) is 19.1 Å². The molecule has 1 N–H and O–H groups in total. The molecule has 1 aliphatic heterocycles. The number of aryl methyl sites for hydroxylation is 2. The third-order valence-corrected chi connectivity index (χ3v) is 7.45. The molecule has 1 amide bonds. The Balaban J connectivity index is 1.68. The molecular weight excluding hydrogens is 398 g/mol. The van der Waals surface area contributed by atoms with Gasteiger partial charge in [-0.25, -0.2) is 12.7 Å². The zero-order valence-corrected chi connectivity index (χ0v) is 17.9. The number of carbonyl (C=O) groups excluding carboxylic acids is 1. The smallest absolute Gasteiger partial charge is 0.242 e. The van der Waals surface area contributed by atoms with Crippen molar-refractivity contribution in [3.05, 3.63) is 29.6 Å². The zero-order chi connectivity index (χ0) is 20.3. The van der Waals surface area contributed by atoms with Gasteiger partial charge in [-0.1, -0.05) is 24.2 Å². The molecule has 0 unspecified atom stereocenters. The van der Waals surface area contributed by atoms with E-state index in [-0.39, 0.29) is 16.6 Å². The normalized spacial score (nSPS) is 14.6. The standard InChI is InChI=1S/C18H25N5O3S2/c1-13-8-9-14(28(25,26)22(2)3)11-15(13)19-17(24)12-27-18-21-20-16-7-5-4-6-10-23(16)18/h8-9,11H,4-7,10,12H2,1-3H3,(H,19,24). The predicted octanol–water partition coefficient (Wildman–Crippen LogP) is 2.29. The number of rotatable bonds is 6. The third-order valence-electron chi connectivity index (χ3n) is 4.67. The van der Waals surface area contributed by atoms with Crippen molar-refractivity contribution in [1.29, 1.82) is 0 Å². The highest BCUT2D eigenvalue weighted by Crippen LogP contribution is 2.24. The first kappa shape index (κ1) is 20.8. The first-order valence-corrected chi connectivity index (χ1v) is 11.6. The van der Waals surface area contributed by atoms with E-state index in [1.165, 1.54) is 38.3 Å². The van der Waals surface area contributed by atoms with Crippen molar-refractivity contribution in [2.24, 2.45) is 0 Å². The van der Waals surface area contributed by atoms with Crippen molar-refractivity contribution in [3.63, 3.8) is 0 Å². The maximum absolute atomic E-state index is 12.4. The number of thioether (sulfide) groups is 1. The fourth-order valence-corrected chi connectivity index (χ4v) is 4.70. The first-order valence-electron chi connectivity index (χ1n) is 9.17. The fourth-order valence-electron chi connectivity index (χ4n) is 2.99. The average molecular weight is 424 g/mol. The van der Waals surface area contributed by atoms with Crippen LogP contribution in [0.3, 0.4) is 0 Å². The molecule has 0 radical (unpaired) electrons. The summed E-state index contributed by atoms with van der Waals surface area (Å²) in [5, 5.41) is 12.0. The summed E-state index contributed by atoms with van der Waals surface area (Å²) >= 11 is 1.35. The topological polar surface area (TPSA) is 97.2 Å². The summed E-state index contributed by atoms with van der Waals surface area (Å²) in [6, 6.07) is 4.73. The van der Waals surface area contributed by atoms with Crippen LogP contribution in [0.5, 0.6) is 0 Å². The predicted molar refractivity (Wildman–Crippen MR) is 109 cm³/mol. The number of nitrogens with zero attached hydrogens (tertiary/aromatic N) is 4. The van der Waals surface area contributed by atoms with Crippen molar-refractivity contribution in [2.75, 3.05) is 25.2 Å². The third kappa shape index (κ3) is 4.56. The molecule has 10 heteroatoms. The summed E-state index contributed by atoms with van der Waals surface area (Å²) in [4.78, 5) is 12.6. The molecule has 0 bridgehead atoms. The number of sulfonamides is 1. The maximum atomic E-state index is 12.4. The molecule has 1 aromatic heterocycles.